The fourth-order valence-electron chi connectivity index (χ4n) is 5.06. The molecule has 4 atom stereocenters. The van der Waals surface area contributed by atoms with Crippen molar-refractivity contribution in [3.63, 3.8) is 0 Å². The lowest BCUT2D eigenvalue weighted by molar-refractivity contribution is -0.188. The molecule has 3 aliphatic rings. The van der Waals surface area contributed by atoms with Gasteiger partial charge in [0, 0.05) is 62.6 Å². The Bertz CT molecular complexity index is 670. The maximum atomic E-state index is 6.03. The van der Waals surface area contributed by atoms with Gasteiger partial charge in [-0.15, -0.1) is 24.0 Å². The van der Waals surface area contributed by atoms with E-state index in [1.54, 1.807) is 12.4 Å². The summed E-state index contributed by atoms with van der Waals surface area (Å²) in [6, 6.07) is 2.61. The number of guanidine groups is 1. The molecule has 2 aliphatic heterocycles. The predicted octanol–water partition coefficient (Wildman–Crippen LogP) is 2.43. The molecule has 0 aromatic carbocycles. The van der Waals surface area contributed by atoms with Crippen molar-refractivity contribution in [2.75, 3.05) is 31.6 Å². The normalized spacial score (nSPS) is 31.8. The van der Waals surface area contributed by atoms with Crippen LogP contribution in [0.25, 0.3) is 0 Å². The zero-order chi connectivity index (χ0) is 18.9. The first kappa shape index (κ1) is 21.5. The van der Waals surface area contributed by atoms with Crippen LogP contribution in [0.4, 0.5) is 5.95 Å². The second-order valence-electron chi connectivity index (χ2n) is 8.59. The number of hydrogen-bond donors (Lipinski definition) is 2. The standard InChI is InChI=1S/C20H32N6O.HI/c1-20(2)16(15-8-5-12-27-17(15)20)25-18(21-3)24-14-7-4-11-26(13-14)19-22-9-6-10-23-19;/h6,9-10,14-17H,4-5,7-8,11-13H2,1-3H3,(H2,21,24,25);1H. The van der Waals surface area contributed by atoms with Gasteiger partial charge >= 0.3 is 0 Å². The third-order valence-corrected chi connectivity index (χ3v) is 6.44. The molecule has 8 heteroatoms. The highest BCUT2D eigenvalue weighted by molar-refractivity contribution is 14.0. The number of rotatable bonds is 3. The van der Waals surface area contributed by atoms with E-state index in [0.29, 0.717) is 24.1 Å². The second-order valence-corrected chi connectivity index (χ2v) is 8.59. The van der Waals surface area contributed by atoms with Crippen LogP contribution in [-0.2, 0) is 4.74 Å². The maximum absolute atomic E-state index is 6.03. The van der Waals surface area contributed by atoms with Gasteiger partial charge in [-0.2, -0.15) is 0 Å². The summed E-state index contributed by atoms with van der Waals surface area (Å²) in [4.78, 5) is 15.6. The lowest BCUT2D eigenvalue weighted by atomic mass is 9.55. The van der Waals surface area contributed by atoms with Crippen LogP contribution in [0.15, 0.2) is 23.5 Å². The fourth-order valence-corrected chi connectivity index (χ4v) is 5.06. The maximum Gasteiger partial charge on any atom is 0.225 e. The highest BCUT2D eigenvalue weighted by Gasteiger charge is 2.58. The summed E-state index contributed by atoms with van der Waals surface area (Å²) < 4.78 is 6.03. The van der Waals surface area contributed by atoms with Crippen LogP contribution in [0.5, 0.6) is 0 Å². The number of halogens is 1. The van der Waals surface area contributed by atoms with Gasteiger partial charge in [-0.25, -0.2) is 9.97 Å². The molecule has 7 nitrogen and oxygen atoms in total. The van der Waals surface area contributed by atoms with Crippen molar-refractivity contribution >= 4 is 35.9 Å². The van der Waals surface area contributed by atoms with E-state index < -0.39 is 0 Å². The molecule has 2 saturated heterocycles. The van der Waals surface area contributed by atoms with Gasteiger partial charge in [0.2, 0.25) is 5.95 Å². The van der Waals surface area contributed by atoms with Crippen molar-refractivity contribution in [1.82, 2.24) is 20.6 Å². The van der Waals surface area contributed by atoms with Crippen molar-refractivity contribution < 1.29 is 4.74 Å². The van der Waals surface area contributed by atoms with Crippen LogP contribution in [0.1, 0.15) is 39.5 Å². The summed E-state index contributed by atoms with van der Waals surface area (Å²) >= 11 is 0. The van der Waals surface area contributed by atoms with Crippen molar-refractivity contribution in [2.24, 2.45) is 16.3 Å². The van der Waals surface area contributed by atoms with E-state index >= 15 is 0 Å². The van der Waals surface area contributed by atoms with Gasteiger partial charge in [0.25, 0.3) is 0 Å². The zero-order valence-electron chi connectivity index (χ0n) is 17.1. The molecule has 28 heavy (non-hydrogen) atoms. The van der Waals surface area contributed by atoms with Gasteiger partial charge in [-0.05, 0) is 31.7 Å². The van der Waals surface area contributed by atoms with Gasteiger partial charge < -0.3 is 20.3 Å². The van der Waals surface area contributed by atoms with Gasteiger partial charge in [-0.3, -0.25) is 4.99 Å². The molecule has 3 fully saturated rings. The Balaban J connectivity index is 0.00000225. The van der Waals surface area contributed by atoms with Crippen molar-refractivity contribution in [1.29, 1.82) is 0 Å². The van der Waals surface area contributed by atoms with E-state index in [9.17, 15) is 0 Å². The average molecular weight is 500 g/mol. The highest BCUT2D eigenvalue weighted by atomic mass is 127. The van der Waals surface area contributed by atoms with Gasteiger partial charge in [0.15, 0.2) is 5.96 Å². The molecule has 0 radical (unpaired) electrons. The lowest BCUT2D eigenvalue weighted by Gasteiger charge is -2.60. The number of aromatic nitrogens is 2. The zero-order valence-corrected chi connectivity index (χ0v) is 19.4. The molecule has 3 heterocycles. The van der Waals surface area contributed by atoms with E-state index in [-0.39, 0.29) is 29.4 Å². The van der Waals surface area contributed by atoms with Crippen LogP contribution in [0, 0.1) is 11.3 Å². The quantitative estimate of drug-likeness (QED) is 0.378. The summed E-state index contributed by atoms with van der Waals surface area (Å²) in [7, 11) is 1.86. The molecule has 0 spiro atoms. The first-order valence-electron chi connectivity index (χ1n) is 10.2. The topological polar surface area (TPSA) is 74.7 Å². The van der Waals surface area contributed by atoms with E-state index in [1.165, 1.54) is 6.42 Å². The number of nitrogens with one attached hydrogen (secondary N) is 2. The first-order chi connectivity index (χ1) is 13.1. The molecule has 156 valence electrons. The number of anilines is 1. The monoisotopic (exact) mass is 500 g/mol. The molecule has 0 amide bonds. The Morgan fingerprint density at radius 2 is 2.00 bits per heavy atom. The van der Waals surface area contributed by atoms with Gasteiger partial charge in [0.1, 0.15) is 0 Å². The summed E-state index contributed by atoms with van der Waals surface area (Å²) in [5.41, 5.74) is 0.138. The van der Waals surface area contributed by atoms with Crippen LogP contribution >= 0.6 is 24.0 Å². The molecule has 1 aliphatic carbocycles. The molecule has 0 bridgehead atoms. The van der Waals surface area contributed by atoms with E-state index in [4.69, 9.17) is 4.74 Å². The minimum Gasteiger partial charge on any atom is -0.377 e. The molecular formula is C20H33IN6O. The Labute approximate surface area is 185 Å². The van der Waals surface area contributed by atoms with Crippen molar-refractivity contribution in [3.05, 3.63) is 18.5 Å². The third kappa shape index (κ3) is 4.22. The minimum atomic E-state index is 0. The summed E-state index contributed by atoms with van der Waals surface area (Å²) in [6.45, 7) is 7.42. The largest absolute Gasteiger partial charge is 0.377 e. The minimum absolute atomic E-state index is 0. The summed E-state index contributed by atoms with van der Waals surface area (Å²) in [6.07, 6.45) is 8.65. The number of ether oxygens (including phenoxy) is 1. The fraction of sp³-hybridized carbons (Fsp3) is 0.750. The number of fused-ring (bicyclic) bond motifs is 1. The third-order valence-electron chi connectivity index (χ3n) is 6.44. The Morgan fingerprint density at radius 3 is 2.75 bits per heavy atom. The second kappa shape index (κ2) is 9.11. The Kier molecular flexibility index (Phi) is 7.01. The smallest absolute Gasteiger partial charge is 0.225 e. The van der Waals surface area contributed by atoms with Crippen LogP contribution in [-0.4, -0.2) is 60.9 Å². The van der Waals surface area contributed by atoms with Crippen LogP contribution in [0.2, 0.25) is 0 Å². The van der Waals surface area contributed by atoms with Gasteiger partial charge in [0.05, 0.1) is 6.10 Å². The van der Waals surface area contributed by atoms with E-state index in [0.717, 1.165) is 50.9 Å². The van der Waals surface area contributed by atoms with Gasteiger partial charge in [-0.1, -0.05) is 13.8 Å². The Morgan fingerprint density at radius 1 is 1.21 bits per heavy atom. The van der Waals surface area contributed by atoms with Crippen LogP contribution in [0.3, 0.4) is 0 Å². The average Bonchev–Trinajstić information content (AvgIpc) is 2.72. The molecule has 1 aromatic rings. The molecule has 1 saturated carbocycles. The molecule has 1 aromatic heterocycles. The molecule has 2 N–H and O–H groups in total. The molecular weight excluding hydrogens is 467 g/mol. The summed E-state index contributed by atoms with van der Waals surface area (Å²) in [5.74, 6) is 2.31. The number of hydrogen-bond acceptors (Lipinski definition) is 5. The van der Waals surface area contributed by atoms with Crippen molar-refractivity contribution in [2.45, 2.75) is 57.7 Å². The Hall–Kier alpha value is -1.16. The highest BCUT2D eigenvalue weighted by Crippen LogP contribution is 2.51. The summed E-state index contributed by atoms with van der Waals surface area (Å²) in [5, 5.41) is 7.34. The number of nitrogens with zero attached hydrogens (tertiary/aromatic N) is 4. The van der Waals surface area contributed by atoms with E-state index in [1.807, 2.05) is 13.1 Å². The number of aliphatic imine (C=N–C) groups is 1. The molecule has 4 rings (SSSR count). The van der Waals surface area contributed by atoms with Crippen LogP contribution < -0.4 is 15.5 Å². The molecule has 4 unspecified atom stereocenters. The van der Waals surface area contributed by atoms with Crippen molar-refractivity contribution in [3.8, 4) is 0 Å². The SMILES string of the molecule is CN=C(NC1CCCN(c2ncccn2)C1)NC1C2CCCOC2C1(C)C.I. The first-order valence-corrected chi connectivity index (χ1v) is 10.2. The lowest BCUT2D eigenvalue weighted by Crippen LogP contribution is -2.71. The number of piperidine rings is 1. The predicted molar refractivity (Wildman–Crippen MR) is 122 cm³/mol. The van der Waals surface area contributed by atoms with E-state index in [2.05, 4.69) is 44.3 Å².